The molecular weight excluding hydrogens is 296 g/mol. The van der Waals surface area contributed by atoms with Crippen LogP contribution in [0.4, 0.5) is 0 Å². The van der Waals surface area contributed by atoms with Gasteiger partial charge in [-0.05, 0) is 29.9 Å². The molecule has 0 aliphatic heterocycles. The van der Waals surface area contributed by atoms with Crippen molar-refractivity contribution < 1.29 is 9.53 Å². The molecule has 0 aromatic heterocycles. The van der Waals surface area contributed by atoms with Crippen molar-refractivity contribution in [3.8, 4) is 5.75 Å². The molecule has 0 atom stereocenters. The predicted octanol–water partition coefficient (Wildman–Crippen LogP) is 5.42. The molecule has 24 heavy (non-hydrogen) atoms. The second-order valence-electron chi connectivity index (χ2n) is 5.96. The third-order valence-electron chi connectivity index (χ3n) is 4.37. The summed E-state index contributed by atoms with van der Waals surface area (Å²) in [4.78, 5) is 13.2. The number of hydrogen-bond acceptors (Lipinski definition) is 2. The number of ketones is 1. The fourth-order valence-corrected chi connectivity index (χ4v) is 3.13. The van der Waals surface area contributed by atoms with E-state index in [2.05, 4.69) is 6.92 Å². The van der Waals surface area contributed by atoms with Crippen LogP contribution in [-0.4, -0.2) is 12.9 Å². The molecule has 0 saturated heterocycles. The molecule has 0 aliphatic carbocycles. The van der Waals surface area contributed by atoms with E-state index in [9.17, 15) is 4.79 Å². The molecule has 0 saturated carbocycles. The Morgan fingerprint density at radius 1 is 0.958 bits per heavy atom. The largest absolute Gasteiger partial charge is 0.496 e. The van der Waals surface area contributed by atoms with Crippen LogP contribution in [-0.2, 0) is 6.42 Å². The highest BCUT2D eigenvalue weighted by Gasteiger charge is 2.19. The molecule has 2 heteroatoms. The Balaban J connectivity index is 2.25. The van der Waals surface area contributed by atoms with E-state index in [-0.39, 0.29) is 5.78 Å². The van der Waals surface area contributed by atoms with Gasteiger partial charge in [-0.1, -0.05) is 67.9 Å². The number of carbonyl (C=O) groups excluding carboxylic acids is 1. The summed E-state index contributed by atoms with van der Waals surface area (Å²) in [5.74, 6) is 0.918. The van der Waals surface area contributed by atoms with Crippen LogP contribution in [0, 0.1) is 0 Å². The summed E-state index contributed by atoms with van der Waals surface area (Å²) in [5.41, 5.74) is 2.61. The molecule has 3 aromatic carbocycles. The maximum Gasteiger partial charge on any atom is 0.193 e. The fourth-order valence-electron chi connectivity index (χ4n) is 3.13. The summed E-state index contributed by atoms with van der Waals surface area (Å²) in [6.45, 7) is 2.16. The third-order valence-corrected chi connectivity index (χ3v) is 4.37. The molecule has 0 bridgehead atoms. The van der Waals surface area contributed by atoms with E-state index >= 15 is 0 Å². The van der Waals surface area contributed by atoms with Crippen molar-refractivity contribution in [2.24, 2.45) is 0 Å². The van der Waals surface area contributed by atoms with Crippen LogP contribution in [0.2, 0.25) is 0 Å². The molecule has 0 fully saturated rings. The quantitative estimate of drug-likeness (QED) is 0.567. The maximum atomic E-state index is 13.2. The monoisotopic (exact) mass is 318 g/mol. The van der Waals surface area contributed by atoms with Gasteiger partial charge < -0.3 is 4.74 Å². The summed E-state index contributed by atoms with van der Waals surface area (Å²) in [7, 11) is 1.68. The summed E-state index contributed by atoms with van der Waals surface area (Å²) in [6.07, 6.45) is 3.02. The Kier molecular flexibility index (Phi) is 4.95. The van der Waals surface area contributed by atoms with Gasteiger partial charge in [-0.15, -0.1) is 0 Å². The lowest BCUT2D eigenvalue weighted by Gasteiger charge is -2.15. The van der Waals surface area contributed by atoms with Crippen molar-refractivity contribution in [1.82, 2.24) is 0 Å². The lowest BCUT2D eigenvalue weighted by Crippen LogP contribution is -2.07. The normalized spacial score (nSPS) is 10.8. The first kappa shape index (κ1) is 16.3. The van der Waals surface area contributed by atoms with Crippen molar-refractivity contribution >= 4 is 16.6 Å². The van der Waals surface area contributed by atoms with Crippen LogP contribution >= 0.6 is 0 Å². The first-order valence-corrected chi connectivity index (χ1v) is 8.44. The van der Waals surface area contributed by atoms with E-state index in [1.807, 2.05) is 60.7 Å². The van der Waals surface area contributed by atoms with Crippen LogP contribution in [0.3, 0.4) is 0 Å². The second kappa shape index (κ2) is 7.31. The van der Waals surface area contributed by atoms with Gasteiger partial charge in [0.15, 0.2) is 5.78 Å². The first-order chi connectivity index (χ1) is 11.8. The number of unbranched alkanes of at least 4 members (excludes halogenated alkanes) is 1. The lowest BCUT2D eigenvalue weighted by molar-refractivity contribution is 0.103. The van der Waals surface area contributed by atoms with Crippen LogP contribution in [0.15, 0.2) is 60.7 Å². The second-order valence-corrected chi connectivity index (χ2v) is 5.96. The molecule has 0 heterocycles. The number of methoxy groups -OCH3 is 1. The Hall–Kier alpha value is -2.61. The van der Waals surface area contributed by atoms with Crippen molar-refractivity contribution in [3.63, 3.8) is 0 Å². The molecule has 0 N–H and O–H groups in total. The minimum absolute atomic E-state index is 0.0838. The topological polar surface area (TPSA) is 26.3 Å². The SMILES string of the molecule is CCCCc1cc(OC)c2ccccc2c1C(=O)c1ccccc1. The van der Waals surface area contributed by atoms with E-state index in [1.165, 1.54) is 0 Å². The zero-order chi connectivity index (χ0) is 16.9. The number of fused-ring (bicyclic) bond motifs is 1. The van der Waals surface area contributed by atoms with Gasteiger partial charge in [0.05, 0.1) is 7.11 Å². The van der Waals surface area contributed by atoms with Crippen LogP contribution in [0.25, 0.3) is 10.8 Å². The molecule has 122 valence electrons. The van der Waals surface area contributed by atoms with E-state index in [0.29, 0.717) is 0 Å². The molecule has 3 aromatic rings. The number of hydrogen-bond donors (Lipinski definition) is 0. The lowest BCUT2D eigenvalue weighted by atomic mass is 9.90. The number of ether oxygens (including phenoxy) is 1. The summed E-state index contributed by atoms with van der Waals surface area (Å²) < 4.78 is 5.58. The average molecular weight is 318 g/mol. The summed E-state index contributed by atoms with van der Waals surface area (Å²) in [5, 5.41) is 1.95. The third kappa shape index (κ3) is 3.05. The van der Waals surface area contributed by atoms with Gasteiger partial charge in [0.1, 0.15) is 5.75 Å². The van der Waals surface area contributed by atoms with E-state index in [1.54, 1.807) is 7.11 Å². The Morgan fingerprint density at radius 2 is 1.62 bits per heavy atom. The van der Waals surface area contributed by atoms with Gasteiger partial charge in [0.25, 0.3) is 0 Å². The maximum absolute atomic E-state index is 13.2. The molecular formula is C22H22O2. The number of aryl methyl sites for hydroxylation is 1. The van der Waals surface area contributed by atoms with Crippen molar-refractivity contribution in [2.45, 2.75) is 26.2 Å². The van der Waals surface area contributed by atoms with Crippen molar-refractivity contribution in [1.29, 1.82) is 0 Å². The van der Waals surface area contributed by atoms with Gasteiger partial charge in [0.2, 0.25) is 0 Å². The minimum Gasteiger partial charge on any atom is -0.496 e. The highest BCUT2D eigenvalue weighted by molar-refractivity contribution is 6.18. The van der Waals surface area contributed by atoms with Gasteiger partial charge in [0, 0.05) is 16.5 Å². The van der Waals surface area contributed by atoms with E-state index in [0.717, 1.165) is 52.5 Å². The molecule has 0 amide bonds. The molecule has 0 aliphatic rings. The summed E-state index contributed by atoms with van der Waals surface area (Å²) in [6, 6.07) is 19.5. The number of carbonyl (C=O) groups is 1. The van der Waals surface area contributed by atoms with Gasteiger partial charge in [-0.3, -0.25) is 4.79 Å². The standard InChI is InChI=1S/C22H22O2/c1-3-4-10-17-15-20(24-2)18-13-8-9-14-19(18)21(17)22(23)16-11-6-5-7-12-16/h5-9,11-15H,3-4,10H2,1-2H3. The Morgan fingerprint density at radius 3 is 2.29 bits per heavy atom. The predicted molar refractivity (Wildman–Crippen MR) is 99.0 cm³/mol. The average Bonchev–Trinajstić information content (AvgIpc) is 2.65. The van der Waals surface area contributed by atoms with Crippen molar-refractivity contribution in [3.05, 3.63) is 77.4 Å². The van der Waals surface area contributed by atoms with Crippen LogP contribution < -0.4 is 4.74 Å². The fraction of sp³-hybridized carbons (Fsp3) is 0.227. The van der Waals surface area contributed by atoms with Gasteiger partial charge >= 0.3 is 0 Å². The van der Waals surface area contributed by atoms with Gasteiger partial charge in [-0.25, -0.2) is 0 Å². The minimum atomic E-state index is 0.0838. The number of rotatable bonds is 6. The smallest absolute Gasteiger partial charge is 0.193 e. The zero-order valence-corrected chi connectivity index (χ0v) is 14.2. The molecule has 2 nitrogen and oxygen atoms in total. The molecule has 0 radical (unpaired) electrons. The Labute approximate surface area is 143 Å². The van der Waals surface area contributed by atoms with Gasteiger partial charge in [-0.2, -0.15) is 0 Å². The zero-order valence-electron chi connectivity index (χ0n) is 14.2. The van der Waals surface area contributed by atoms with Crippen molar-refractivity contribution in [2.75, 3.05) is 7.11 Å². The first-order valence-electron chi connectivity index (χ1n) is 8.44. The van der Waals surface area contributed by atoms with E-state index < -0.39 is 0 Å². The number of benzene rings is 3. The Bertz CT molecular complexity index is 850. The van der Waals surface area contributed by atoms with Crippen LogP contribution in [0.1, 0.15) is 41.3 Å². The molecule has 0 unspecified atom stereocenters. The molecule has 3 rings (SSSR count). The molecule has 0 spiro atoms. The van der Waals surface area contributed by atoms with E-state index in [4.69, 9.17) is 4.74 Å². The highest BCUT2D eigenvalue weighted by atomic mass is 16.5. The summed E-state index contributed by atoms with van der Waals surface area (Å²) >= 11 is 0. The van der Waals surface area contributed by atoms with Crippen LogP contribution in [0.5, 0.6) is 5.75 Å². The highest BCUT2D eigenvalue weighted by Crippen LogP contribution is 2.33.